The minimum absolute atomic E-state index is 0.00144. The smallest absolute Gasteiger partial charge is 0.224 e. The van der Waals surface area contributed by atoms with Crippen LogP contribution in [0.15, 0.2) is 48.8 Å². The predicted molar refractivity (Wildman–Crippen MR) is 100 cm³/mol. The molecular formula is C20H23FN4O2. The van der Waals surface area contributed by atoms with Gasteiger partial charge < -0.3 is 15.5 Å². The molecule has 1 aromatic carbocycles. The van der Waals surface area contributed by atoms with Crippen molar-refractivity contribution in [3.63, 3.8) is 0 Å². The molecule has 1 fully saturated rings. The minimum atomic E-state index is -0.327. The Kier molecular flexibility index (Phi) is 6.35. The largest absolute Gasteiger partial charge is 0.382 e. The van der Waals surface area contributed by atoms with Gasteiger partial charge in [0.15, 0.2) is 0 Å². The van der Waals surface area contributed by atoms with Crippen LogP contribution < -0.4 is 10.6 Å². The first-order valence-electron chi connectivity index (χ1n) is 9.05. The van der Waals surface area contributed by atoms with E-state index in [0.717, 1.165) is 11.3 Å². The molecule has 2 N–H and O–H groups in total. The van der Waals surface area contributed by atoms with Crippen LogP contribution in [-0.2, 0) is 16.1 Å². The molecule has 2 amide bonds. The van der Waals surface area contributed by atoms with Gasteiger partial charge in [0.2, 0.25) is 11.8 Å². The SMILES string of the molecule is O=C(NCCNc1cccnc1)C1CCC(=O)N(Cc2cccc(F)c2)C1. The third-order valence-corrected chi connectivity index (χ3v) is 4.55. The maximum atomic E-state index is 13.3. The number of aromatic nitrogens is 1. The van der Waals surface area contributed by atoms with E-state index < -0.39 is 0 Å². The maximum absolute atomic E-state index is 13.3. The highest BCUT2D eigenvalue weighted by molar-refractivity contribution is 5.83. The number of carbonyl (C=O) groups excluding carboxylic acids is 2. The first-order chi connectivity index (χ1) is 13.1. The van der Waals surface area contributed by atoms with E-state index in [-0.39, 0.29) is 23.5 Å². The Morgan fingerprint density at radius 1 is 1.26 bits per heavy atom. The van der Waals surface area contributed by atoms with Crippen molar-refractivity contribution < 1.29 is 14.0 Å². The fraction of sp³-hybridized carbons (Fsp3) is 0.350. The summed E-state index contributed by atoms with van der Waals surface area (Å²) in [6.45, 7) is 1.76. The number of nitrogens with zero attached hydrogens (tertiary/aromatic N) is 2. The molecule has 1 aliphatic rings. The van der Waals surface area contributed by atoms with Gasteiger partial charge in [0, 0.05) is 45.0 Å². The Morgan fingerprint density at radius 3 is 2.93 bits per heavy atom. The van der Waals surface area contributed by atoms with Crippen LogP contribution >= 0.6 is 0 Å². The molecule has 1 aliphatic heterocycles. The van der Waals surface area contributed by atoms with Crippen molar-refractivity contribution in [2.75, 3.05) is 25.0 Å². The zero-order valence-corrected chi connectivity index (χ0v) is 15.0. The fourth-order valence-electron chi connectivity index (χ4n) is 3.14. The van der Waals surface area contributed by atoms with Crippen molar-refractivity contribution in [3.8, 4) is 0 Å². The average molecular weight is 370 g/mol. The monoisotopic (exact) mass is 370 g/mol. The van der Waals surface area contributed by atoms with Gasteiger partial charge in [0.05, 0.1) is 11.6 Å². The molecule has 2 aromatic rings. The molecular weight excluding hydrogens is 347 g/mol. The standard InChI is InChI=1S/C20H23FN4O2/c21-17-4-1-3-15(11-17)13-25-14-16(6-7-19(25)26)20(27)24-10-9-23-18-5-2-8-22-12-18/h1-5,8,11-12,16,23H,6-7,9-10,13-14H2,(H,24,27). The highest BCUT2D eigenvalue weighted by Gasteiger charge is 2.30. The number of halogens is 1. The number of carbonyl (C=O) groups is 2. The van der Waals surface area contributed by atoms with E-state index in [9.17, 15) is 14.0 Å². The summed E-state index contributed by atoms with van der Waals surface area (Å²) in [5, 5.41) is 6.09. The van der Waals surface area contributed by atoms with Crippen LogP contribution in [-0.4, -0.2) is 41.3 Å². The quantitative estimate of drug-likeness (QED) is 0.733. The van der Waals surface area contributed by atoms with Crippen molar-refractivity contribution in [2.24, 2.45) is 5.92 Å². The molecule has 3 rings (SSSR count). The number of piperidine rings is 1. The van der Waals surface area contributed by atoms with Crippen LogP contribution in [0, 0.1) is 11.7 Å². The van der Waals surface area contributed by atoms with E-state index in [0.29, 0.717) is 39.0 Å². The van der Waals surface area contributed by atoms with Crippen LogP contribution in [0.1, 0.15) is 18.4 Å². The van der Waals surface area contributed by atoms with E-state index in [2.05, 4.69) is 15.6 Å². The van der Waals surface area contributed by atoms with Crippen molar-refractivity contribution in [2.45, 2.75) is 19.4 Å². The van der Waals surface area contributed by atoms with Gasteiger partial charge in [-0.05, 0) is 36.2 Å². The number of hydrogen-bond donors (Lipinski definition) is 2. The summed E-state index contributed by atoms with van der Waals surface area (Å²) in [5.41, 5.74) is 1.63. The second kappa shape index (κ2) is 9.12. The molecule has 1 atom stereocenters. The summed E-state index contributed by atoms with van der Waals surface area (Å²) in [6.07, 6.45) is 4.30. The number of likely N-dealkylation sites (tertiary alicyclic amines) is 1. The molecule has 0 bridgehead atoms. The van der Waals surface area contributed by atoms with Gasteiger partial charge in [-0.2, -0.15) is 0 Å². The summed E-state index contributed by atoms with van der Waals surface area (Å²) in [5.74, 6) is -0.622. The van der Waals surface area contributed by atoms with Crippen molar-refractivity contribution >= 4 is 17.5 Å². The number of hydrogen-bond acceptors (Lipinski definition) is 4. The van der Waals surface area contributed by atoms with Crippen LogP contribution in [0.5, 0.6) is 0 Å². The molecule has 6 nitrogen and oxygen atoms in total. The zero-order chi connectivity index (χ0) is 19.1. The third kappa shape index (κ3) is 5.51. The van der Waals surface area contributed by atoms with Gasteiger partial charge >= 0.3 is 0 Å². The number of rotatable bonds is 7. The highest BCUT2D eigenvalue weighted by Crippen LogP contribution is 2.20. The first-order valence-corrected chi connectivity index (χ1v) is 9.05. The van der Waals surface area contributed by atoms with Crippen molar-refractivity contribution in [1.82, 2.24) is 15.2 Å². The predicted octanol–water partition coefficient (Wildman–Crippen LogP) is 2.19. The van der Waals surface area contributed by atoms with Gasteiger partial charge in [-0.1, -0.05) is 12.1 Å². The Balaban J connectivity index is 1.46. The molecule has 0 aliphatic carbocycles. The number of anilines is 1. The van der Waals surface area contributed by atoms with Crippen molar-refractivity contribution in [1.29, 1.82) is 0 Å². The van der Waals surface area contributed by atoms with E-state index in [1.807, 2.05) is 12.1 Å². The highest BCUT2D eigenvalue weighted by atomic mass is 19.1. The summed E-state index contributed by atoms with van der Waals surface area (Å²) < 4.78 is 13.3. The van der Waals surface area contributed by atoms with Gasteiger partial charge in [-0.3, -0.25) is 14.6 Å². The second-order valence-corrected chi connectivity index (χ2v) is 6.60. The van der Waals surface area contributed by atoms with Gasteiger partial charge in [-0.15, -0.1) is 0 Å². The van der Waals surface area contributed by atoms with Crippen LogP contribution in [0.2, 0.25) is 0 Å². The van der Waals surface area contributed by atoms with Crippen LogP contribution in [0.4, 0.5) is 10.1 Å². The van der Waals surface area contributed by atoms with E-state index in [1.54, 1.807) is 29.4 Å². The number of benzene rings is 1. The molecule has 142 valence electrons. The molecule has 0 radical (unpaired) electrons. The number of pyridine rings is 1. The Bertz CT molecular complexity index is 785. The van der Waals surface area contributed by atoms with E-state index in [1.165, 1.54) is 12.1 Å². The molecule has 0 saturated carbocycles. The Hall–Kier alpha value is -2.96. The normalized spacial score (nSPS) is 16.9. The van der Waals surface area contributed by atoms with Crippen molar-refractivity contribution in [3.05, 3.63) is 60.2 Å². The lowest BCUT2D eigenvalue weighted by atomic mass is 9.96. The summed E-state index contributed by atoms with van der Waals surface area (Å²) in [4.78, 5) is 30.2. The van der Waals surface area contributed by atoms with E-state index >= 15 is 0 Å². The molecule has 2 heterocycles. The summed E-state index contributed by atoms with van der Waals surface area (Å²) in [7, 11) is 0. The summed E-state index contributed by atoms with van der Waals surface area (Å²) in [6, 6.07) is 9.94. The fourth-order valence-corrected chi connectivity index (χ4v) is 3.14. The lowest BCUT2D eigenvalue weighted by molar-refractivity contribution is -0.138. The minimum Gasteiger partial charge on any atom is -0.382 e. The van der Waals surface area contributed by atoms with Gasteiger partial charge in [-0.25, -0.2) is 4.39 Å². The number of nitrogens with one attached hydrogen (secondary N) is 2. The van der Waals surface area contributed by atoms with Crippen LogP contribution in [0.3, 0.4) is 0 Å². The van der Waals surface area contributed by atoms with Gasteiger partial charge in [0.25, 0.3) is 0 Å². The molecule has 1 unspecified atom stereocenters. The molecule has 7 heteroatoms. The zero-order valence-electron chi connectivity index (χ0n) is 15.0. The molecule has 0 spiro atoms. The van der Waals surface area contributed by atoms with E-state index in [4.69, 9.17) is 0 Å². The molecule has 1 aromatic heterocycles. The number of amides is 2. The topological polar surface area (TPSA) is 74.3 Å². The summed E-state index contributed by atoms with van der Waals surface area (Å²) >= 11 is 0. The molecule has 27 heavy (non-hydrogen) atoms. The Labute approximate surface area is 157 Å². The van der Waals surface area contributed by atoms with Crippen LogP contribution in [0.25, 0.3) is 0 Å². The Morgan fingerprint density at radius 2 is 2.15 bits per heavy atom. The average Bonchev–Trinajstić information content (AvgIpc) is 2.68. The maximum Gasteiger partial charge on any atom is 0.224 e. The first kappa shape index (κ1) is 18.8. The third-order valence-electron chi connectivity index (χ3n) is 4.55. The lowest BCUT2D eigenvalue weighted by Crippen LogP contribution is -2.46. The molecule has 1 saturated heterocycles. The lowest BCUT2D eigenvalue weighted by Gasteiger charge is -2.32. The van der Waals surface area contributed by atoms with Gasteiger partial charge in [0.1, 0.15) is 5.82 Å². The second-order valence-electron chi connectivity index (χ2n) is 6.60.